The molecule has 9 amide bonds. The number of carboxylic acid groups (broad SMARTS) is 1. The molecule has 10 atom stereocenters. The van der Waals surface area contributed by atoms with Gasteiger partial charge in [0.25, 0.3) is 0 Å². The molecule has 1 aliphatic rings. The Labute approximate surface area is 516 Å². The maximum atomic E-state index is 14.6. The summed E-state index contributed by atoms with van der Waals surface area (Å²) in [5.74, 6) is -9.85. The standard InChI is InChI=1S/C58H90N18O13/c1-6-32(2)47(56(89)76(30-46(81)82)39-18-8-7-9-19-39)72-44(79)29-75(24-14-23-66-58(62)63)45(80)28-67-54(87)48(34(4)77)74-55(88)49(35(5)78)73-53(86)43(26-38-27-64-31-68-38)71-52(85)42(25-37-17-12-16-36-15-10-11-20-40(36)37)70-50(83)33(3)69-51(84)41(59)21-13-22-65-57(60)61/h10-12,15-17,20,27,31-35,39,41-43,47-49,77-78H,6-9,13-14,18-19,21-26,28-30,59H2,1-5H3,(H,64,68)(H,67,87)(H,69,84)(H,70,83)(H,71,85)(H,72,79)(H,73,86)(H,74,88)(H,81,82)(H4,60,61,65)(H4,62,63,66)/t32?,33-,34+,35+,41-,42-,43-,47-,48-,49-/m0/s1. The van der Waals surface area contributed by atoms with Gasteiger partial charge in [-0.05, 0) is 75.1 Å². The van der Waals surface area contributed by atoms with Crippen molar-refractivity contribution in [1.29, 1.82) is 0 Å². The fourth-order valence-electron chi connectivity index (χ4n) is 9.96. The molecule has 490 valence electrons. The summed E-state index contributed by atoms with van der Waals surface area (Å²) in [5.41, 5.74) is 28.8. The molecule has 1 aliphatic carbocycles. The average Bonchev–Trinajstić information content (AvgIpc) is 2.27. The summed E-state index contributed by atoms with van der Waals surface area (Å²) in [7, 11) is 0. The van der Waals surface area contributed by atoms with Crippen molar-refractivity contribution in [2.24, 2.45) is 44.6 Å². The third kappa shape index (κ3) is 23.9. The number of aliphatic imine (C=N–C) groups is 2. The van der Waals surface area contributed by atoms with Gasteiger partial charge in [-0.3, -0.25) is 57.9 Å². The van der Waals surface area contributed by atoms with Crippen LogP contribution in [0.5, 0.6) is 0 Å². The number of H-pyrrole nitrogens is 1. The summed E-state index contributed by atoms with van der Waals surface area (Å²) < 4.78 is 0. The summed E-state index contributed by atoms with van der Waals surface area (Å²) in [6.07, 6.45) is 3.79. The van der Waals surface area contributed by atoms with Crippen LogP contribution in [0, 0.1) is 5.92 Å². The first kappa shape index (κ1) is 72.5. The molecule has 31 nitrogen and oxygen atoms in total. The Morgan fingerprint density at radius 2 is 1.28 bits per heavy atom. The Balaban J connectivity index is 1.52. The predicted molar refractivity (Wildman–Crippen MR) is 329 cm³/mol. The van der Waals surface area contributed by atoms with Crippen molar-refractivity contribution in [3.05, 3.63) is 66.2 Å². The number of carbonyl (C=O) groups excluding carboxylic acids is 9. The number of imidazole rings is 1. The Morgan fingerprint density at radius 1 is 0.685 bits per heavy atom. The number of hydrogen-bond donors (Lipinski definition) is 16. The molecule has 1 saturated carbocycles. The smallest absolute Gasteiger partial charge is 0.323 e. The number of carboxylic acids is 1. The summed E-state index contributed by atoms with van der Waals surface area (Å²) >= 11 is 0. The first-order valence-corrected chi connectivity index (χ1v) is 29.8. The number of aliphatic carboxylic acids is 1. The van der Waals surface area contributed by atoms with Crippen molar-refractivity contribution in [2.75, 3.05) is 39.3 Å². The van der Waals surface area contributed by atoms with Crippen LogP contribution in [0.4, 0.5) is 0 Å². The lowest BCUT2D eigenvalue weighted by Gasteiger charge is -2.37. The van der Waals surface area contributed by atoms with Crippen LogP contribution in [0.25, 0.3) is 10.8 Å². The van der Waals surface area contributed by atoms with Gasteiger partial charge < -0.3 is 96.0 Å². The van der Waals surface area contributed by atoms with E-state index in [0.717, 1.165) is 48.8 Å². The van der Waals surface area contributed by atoms with Crippen molar-refractivity contribution in [3.8, 4) is 0 Å². The van der Waals surface area contributed by atoms with E-state index in [0.29, 0.717) is 36.9 Å². The Bertz CT molecular complexity index is 2920. The molecule has 2 aromatic carbocycles. The highest BCUT2D eigenvalue weighted by molar-refractivity contribution is 5.98. The van der Waals surface area contributed by atoms with Crippen molar-refractivity contribution in [1.82, 2.24) is 57.0 Å². The summed E-state index contributed by atoms with van der Waals surface area (Å²) in [6, 6.07) is 2.28. The largest absolute Gasteiger partial charge is 0.480 e. The van der Waals surface area contributed by atoms with E-state index in [4.69, 9.17) is 28.7 Å². The molecule has 0 radical (unpaired) electrons. The predicted octanol–water partition coefficient (Wildman–Crippen LogP) is -3.68. The third-order valence-electron chi connectivity index (χ3n) is 15.1. The van der Waals surface area contributed by atoms with E-state index in [1.165, 1.54) is 24.3 Å². The molecule has 1 heterocycles. The number of hydrogen-bond acceptors (Lipinski definition) is 16. The number of carbonyl (C=O) groups is 10. The zero-order valence-electron chi connectivity index (χ0n) is 51.1. The minimum Gasteiger partial charge on any atom is -0.480 e. The number of fused-ring (bicyclic) bond motifs is 1. The van der Waals surface area contributed by atoms with Crippen LogP contribution in [0.1, 0.15) is 104 Å². The molecule has 0 saturated heterocycles. The second-order valence-electron chi connectivity index (χ2n) is 22.3. The number of amides is 9. The fraction of sp³-hybridized carbons (Fsp3) is 0.569. The van der Waals surface area contributed by atoms with Gasteiger partial charge in [-0.25, -0.2) is 4.98 Å². The molecule has 3 aromatic rings. The van der Waals surface area contributed by atoms with Gasteiger partial charge in [0.05, 0.1) is 37.7 Å². The third-order valence-corrected chi connectivity index (χ3v) is 15.1. The highest BCUT2D eigenvalue weighted by Gasteiger charge is 2.38. The van der Waals surface area contributed by atoms with E-state index >= 15 is 0 Å². The second-order valence-corrected chi connectivity index (χ2v) is 22.3. The van der Waals surface area contributed by atoms with Crippen molar-refractivity contribution in [3.63, 3.8) is 0 Å². The molecular weight excluding hydrogens is 1160 g/mol. The number of benzene rings is 2. The molecular formula is C58H90N18O13. The number of aromatic amines is 1. The molecule has 1 fully saturated rings. The van der Waals surface area contributed by atoms with Crippen LogP contribution in [-0.4, -0.2) is 206 Å². The van der Waals surface area contributed by atoms with Crippen LogP contribution in [-0.2, 0) is 60.8 Å². The van der Waals surface area contributed by atoms with Crippen LogP contribution < -0.4 is 65.9 Å². The monoisotopic (exact) mass is 1250 g/mol. The molecule has 89 heavy (non-hydrogen) atoms. The van der Waals surface area contributed by atoms with Gasteiger partial charge in [0.1, 0.15) is 42.8 Å². The maximum Gasteiger partial charge on any atom is 0.323 e. The van der Waals surface area contributed by atoms with Gasteiger partial charge in [-0.2, -0.15) is 0 Å². The van der Waals surface area contributed by atoms with Crippen molar-refractivity contribution < 1.29 is 63.3 Å². The number of nitrogens with one attached hydrogen (secondary N) is 8. The van der Waals surface area contributed by atoms with Crippen LogP contribution in [0.3, 0.4) is 0 Å². The highest BCUT2D eigenvalue weighted by Crippen LogP contribution is 2.25. The fourth-order valence-corrected chi connectivity index (χ4v) is 9.96. The second kappa shape index (κ2) is 36.4. The lowest BCUT2D eigenvalue weighted by molar-refractivity contribution is -0.149. The number of nitrogens with zero attached hydrogens (tertiary/aromatic N) is 5. The number of aliphatic hydroxyl groups excluding tert-OH is 2. The normalized spacial score (nSPS) is 15.7. The number of nitrogens with two attached hydrogens (primary N) is 5. The highest BCUT2D eigenvalue weighted by atomic mass is 16.4. The molecule has 0 spiro atoms. The minimum atomic E-state index is -1.86. The van der Waals surface area contributed by atoms with E-state index in [1.807, 2.05) is 24.3 Å². The zero-order chi connectivity index (χ0) is 65.9. The van der Waals surface area contributed by atoms with E-state index in [1.54, 1.807) is 32.0 Å². The SMILES string of the molecule is CCC(C)[C@H](NC(=O)CN(CCCN=C(N)N)C(=O)CNC(=O)[C@@H](NC(=O)[C@@H](NC(=O)[C@H](Cc1cnc[nH]1)NC(=O)[C@H](Cc1cccc2ccccc12)NC(=O)[C@H](C)NC(=O)[C@@H](N)CCCN=C(N)N)[C@@H](C)O)[C@@H](C)O)C(=O)N(CC(=O)O)C1CCCCC1. The van der Waals surface area contributed by atoms with Gasteiger partial charge in [0.2, 0.25) is 53.2 Å². The van der Waals surface area contributed by atoms with Crippen molar-refractivity contribution >= 4 is 81.8 Å². The number of guanidine groups is 2. The van der Waals surface area contributed by atoms with Crippen molar-refractivity contribution in [2.45, 2.75) is 166 Å². The molecule has 0 bridgehead atoms. The lowest BCUT2D eigenvalue weighted by atomic mass is 9.91. The number of rotatable bonds is 36. The van der Waals surface area contributed by atoms with Gasteiger partial charge in [0, 0.05) is 50.4 Å². The van der Waals surface area contributed by atoms with E-state index in [2.05, 4.69) is 57.2 Å². The van der Waals surface area contributed by atoms with Gasteiger partial charge in [0.15, 0.2) is 11.9 Å². The first-order chi connectivity index (χ1) is 42.2. The Morgan fingerprint density at radius 3 is 1.90 bits per heavy atom. The minimum absolute atomic E-state index is 0.0292. The maximum absolute atomic E-state index is 14.6. The summed E-state index contributed by atoms with van der Waals surface area (Å²) in [5, 5.41) is 50.9. The summed E-state index contributed by atoms with van der Waals surface area (Å²) in [4.78, 5) is 155. The molecule has 21 N–H and O–H groups in total. The first-order valence-electron chi connectivity index (χ1n) is 29.8. The van der Waals surface area contributed by atoms with Crippen LogP contribution in [0.15, 0.2) is 65.0 Å². The van der Waals surface area contributed by atoms with E-state index in [-0.39, 0.29) is 63.3 Å². The number of aromatic nitrogens is 2. The molecule has 1 unspecified atom stereocenters. The quantitative estimate of drug-likeness (QED) is 0.0151. The Kier molecular flexibility index (Phi) is 29.6. The summed E-state index contributed by atoms with van der Waals surface area (Å²) in [6.45, 7) is 5.34. The zero-order valence-corrected chi connectivity index (χ0v) is 51.1. The van der Waals surface area contributed by atoms with Crippen LogP contribution in [0.2, 0.25) is 0 Å². The van der Waals surface area contributed by atoms with Gasteiger partial charge >= 0.3 is 5.97 Å². The van der Waals surface area contributed by atoms with Gasteiger partial charge in [-0.15, -0.1) is 0 Å². The topological polar surface area (TPSA) is 506 Å². The molecule has 31 heteroatoms. The van der Waals surface area contributed by atoms with Crippen LogP contribution >= 0.6 is 0 Å². The molecule has 4 rings (SSSR count). The van der Waals surface area contributed by atoms with E-state index in [9.17, 15) is 63.3 Å². The lowest BCUT2D eigenvalue weighted by Crippen LogP contribution is -2.62. The average molecular weight is 1250 g/mol. The van der Waals surface area contributed by atoms with E-state index < -0.39 is 139 Å². The molecule has 0 aliphatic heterocycles. The Hall–Kier alpha value is -8.97. The van der Waals surface area contributed by atoms with Gasteiger partial charge in [-0.1, -0.05) is 82.0 Å². The molecule has 1 aromatic heterocycles. The number of aliphatic hydroxyl groups is 2.